The average Bonchev–Trinajstić information content (AvgIpc) is 3.50. The number of rotatable bonds is 7. The van der Waals surface area contributed by atoms with Crippen LogP contribution < -0.4 is 24.6 Å². The van der Waals surface area contributed by atoms with Crippen molar-refractivity contribution in [3.05, 3.63) is 98.5 Å². The van der Waals surface area contributed by atoms with Crippen LogP contribution in [0.3, 0.4) is 0 Å². The molecule has 0 saturated carbocycles. The number of fused-ring (bicyclic) bond motifs is 2. The number of ether oxygens (including phenoxy) is 2. The predicted octanol–water partition coefficient (Wildman–Crippen LogP) is 5.28. The third-order valence-corrected chi connectivity index (χ3v) is 9.68. The first-order valence-corrected chi connectivity index (χ1v) is 14.9. The van der Waals surface area contributed by atoms with Crippen LogP contribution in [0, 0.1) is 5.92 Å². The molecule has 0 spiro atoms. The van der Waals surface area contributed by atoms with Crippen molar-refractivity contribution in [1.82, 2.24) is 4.98 Å². The lowest BCUT2D eigenvalue weighted by Crippen LogP contribution is -2.32. The van der Waals surface area contributed by atoms with E-state index in [1.165, 1.54) is 19.2 Å². The maximum absolute atomic E-state index is 14.0. The molecule has 0 bridgehead atoms. The highest BCUT2D eigenvalue weighted by Gasteiger charge is 2.56. The number of thiazole rings is 1. The molecule has 0 unspecified atom stereocenters. The molecular formula is C30H22F3N3O6S2. The summed E-state index contributed by atoms with van der Waals surface area (Å²) >= 11 is 2.03. The van der Waals surface area contributed by atoms with Crippen molar-refractivity contribution in [2.75, 3.05) is 23.9 Å². The summed E-state index contributed by atoms with van der Waals surface area (Å²) in [6, 6.07) is 17.6. The van der Waals surface area contributed by atoms with Crippen molar-refractivity contribution in [3.8, 4) is 11.5 Å². The second-order valence-electron chi connectivity index (χ2n) is 9.88. The van der Waals surface area contributed by atoms with E-state index in [0.29, 0.717) is 26.9 Å². The molecule has 226 valence electrons. The Hall–Kier alpha value is -4.56. The Morgan fingerprint density at radius 3 is 2.41 bits per heavy atom. The summed E-state index contributed by atoms with van der Waals surface area (Å²) in [5.74, 6) is -2.72. The summed E-state index contributed by atoms with van der Waals surface area (Å²) in [6.07, 6.45) is -4.67. The van der Waals surface area contributed by atoms with Crippen molar-refractivity contribution >= 4 is 52.2 Å². The average molecular weight is 642 g/mol. The molecule has 0 radical (unpaired) electrons. The summed E-state index contributed by atoms with van der Waals surface area (Å²) in [5.41, 5.74) is -0.600. The van der Waals surface area contributed by atoms with Gasteiger partial charge >= 0.3 is 11.0 Å². The number of nitrogens with one attached hydrogen (secondary N) is 2. The molecule has 2 N–H and O–H groups in total. The van der Waals surface area contributed by atoms with E-state index in [0.717, 1.165) is 40.1 Å². The summed E-state index contributed by atoms with van der Waals surface area (Å²) in [5, 5.41) is 1.84. The zero-order valence-electron chi connectivity index (χ0n) is 22.7. The fourth-order valence-electron chi connectivity index (χ4n) is 5.38. The first kappa shape index (κ1) is 29.5. The Bertz CT molecular complexity index is 1820. The van der Waals surface area contributed by atoms with E-state index in [1.54, 1.807) is 48.5 Å². The van der Waals surface area contributed by atoms with Gasteiger partial charge in [-0.2, -0.15) is 13.2 Å². The van der Waals surface area contributed by atoms with E-state index in [1.807, 2.05) is 0 Å². The number of amides is 3. The van der Waals surface area contributed by atoms with Gasteiger partial charge < -0.3 is 19.8 Å². The number of nitrogens with zero attached hydrogens (tertiary/aromatic N) is 1. The molecular weight excluding hydrogens is 619 g/mol. The highest BCUT2D eigenvalue weighted by atomic mass is 32.2. The molecule has 3 atom stereocenters. The Kier molecular flexibility index (Phi) is 7.72. The molecule has 44 heavy (non-hydrogen) atoms. The Labute approximate surface area is 256 Å². The molecule has 14 heteroatoms. The second-order valence-corrected chi connectivity index (χ2v) is 12.0. The number of methoxy groups -OCH3 is 1. The Morgan fingerprint density at radius 1 is 0.977 bits per heavy atom. The minimum Gasteiger partial charge on any atom is -0.497 e. The number of carbonyl (C=O) groups excluding carboxylic acids is 3. The molecule has 9 nitrogen and oxygen atoms in total. The molecule has 1 saturated heterocycles. The number of aromatic amines is 1. The van der Waals surface area contributed by atoms with Gasteiger partial charge in [-0.05, 0) is 42.5 Å². The van der Waals surface area contributed by atoms with E-state index in [4.69, 9.17) is 9.47 Å². The number of H-pyrrole nitrogens is 1. The minimum absolute atomic E-state index is 0.178. The van der Waals surface area contributed by atoms with Gasteiger partial charge in [0.1, 0.15) is 16.7 Å². The predicted molar refractivity (Wildman–Crippen MR) is 157 cm³/mol. The van der Waals surface area contributed by atoms with Crippen molar-refractivity contribution < 1.29 is 37.0 Å². The quantitative estimate of drug-likeness (QED) is 0.264. The number of hydrogen-bond acceptors (Lipinski definition) is 8. The van der Waals surface area contributed by atoms with Gasteiger partial charge in [0.05, 0.1) is 35.0 Å². The van der Waals surface area contributed by atoms with Crippen LogP contribution in [0.5, 0.6) is 11.5 Å². The standard InChI is InChI=1S/C30H22F3N3O6S2/c1-41-16-12-10-15(11-13-16)36-27(38)23-22(24-26(35-29(40)44-24)43-25(23)28(36)39)17-6-2-5-9-20(17)42-14-21(37)34-19-8-4-3-7-18(19)30(31,32)33/h2-13,22-23,25H,14H2,1H3,(H,34,37)(H,35,40)/t22-,23-,25+/m0/s1. The van der Waals surface area contributed by atoms with E-state index in [-0.39, 0.29) is 10.6 Å². The summed E-state index contributed by atoms with van der Waals surface area (Å²) < 4.78 is 51.2. The first-order chi connectivity index (χ1) is 21.1. The Morgan fingerprint density at radius 2 is 1.68 bits per heavy atom. The molecule has 1 fully saturated rings. The number of halogens is 3. The van der Waals surface area contributed by atoms with Crippen LogP contribution in [0.1, 0.15) is 21.9 Å². The summed E-state index contributed by atoms with van der Waals surface area (Å²) in [4.78, 5) is 56.9. The number of alkyl halides is 3. The van der Waals surface area contributed by atoms with Gasteiger partial charge in [0.15, 0.2) is 6.61 Å². The van der Waals surface area contributed by atoms with Gasteiger partial charge in [0.25, 0.3) is 5.91 Å². The summed E-state index contributed by atoms with van der Waals surface area (Å²) in [6.45, 7) is -0.639. The van der Waals surface area contributed by atoms with E-state index in [9.17, 15) is 32.3 Å². The van der Waals surface area contributed by atoms with Gasteiger partial charge in [-0.15, -0.1) is 0 Å². The highest BCUT2D eigenvalue weighted by molar-refractivity contribution is 8.00. The SMILES string of the molecule is COc1ccc(N2C(=O)[C@H]3[C@H](c4ccccc4OCC(=O)Nc4ccccc4C(F)(F)F)c4sc(=O)[nH]c4S[C@H]3C2=O)cc1. The zero-order valence-corrected chi connectivity index (χ0v) is 24.3. The molecule has 2 aliphatic heterocycles. The maximum Gasteiger partial charge on any atom is 0.418 e. The lowest BCUT2D eigenvalue weighted by Gasteiger charge is -2.30. The van der Waals surface area contributed by atoms with Crippen molar-refractivity contribution in [2.45, 2.75) is 22.4 Å². The number of benzene rings is 3. The third-order valence-electron chi connectivity index (χ3n) is 7.27. The van der Waals surface area contributed by atoms with Gasteiger partial charge in [0, 0.05) is 16.4 Å². The Balaban J connectivity index is 1.31. The molecule has 0 aliphatic carbocycles. The maximum atomic E-state index is 14.0. The topological polar surface area (TPSA) is 118 Å². The van der Waals surface area contributed by atoms with Crippen molar-refractivity contribution in [2.24, 2.45) is 5.92 Å². The molecule has 4 aromatic rings. The van der Waals surface area contributed by atoms with Gasteiger partial charge in [-0.1, -0.05) is 53.4 Å². The fraction of sp³-hybridized carbons (Fsp3) is 0.200. The smallest absolute Gasteiger partial charge is 0.418 e. The third kappa shape index (κ3) is 5.35. The van der Waals surface area contributed by atoms with Gasteiger partial charge in [-0.3, -0.25) is 19.2 Å². The van der Waals surface area contributed by atoms with Crippen LogP contribution in [-0.2, 0) is 20.6 Å². The number of aromatic nitrogens is 1. The number of thioether (sulfide) groups is 1. The fourth-order valence-corrected chi connectivity index (χ4v) is 7.88. The molecule has 2 aliphatic rings. The number of anilines is 2. The molecule has 3 heterocycles. The minimum atomic E-state index is -4.67. The van der Waals surface area contributed by atoms with Crippen LogP contribution in [0.4, 0.5) is 24.5 Å². The van der Waals surface area contributed by atoms with Crippen molar-refractivity contribution in [3.63, 3.8) is 0 Å². The normalized spacial score (nSPS) is 19.4. The van der Waals surface area contributed by atoms with Crippen LogP contribution >= 0.6 is 23.1 Å². The number of hydrogen-bond donors (Lipinski definition) is 2. The second kappa shape index (κ2) is 11.5. The van der Waals surface area contributed by atoms with E-state index >= 15 is 0 Å². The molecule has 1 aromatic heterocycles. The summed E-state index contributed by atoms with van der Waals surface area (Å²) in [7, 11) is 1.50. The number of carbonyl (C=O) groups is 3. The van der Waals surface area contributed by atoms with Crippen molar-refractivity contribution in [1.29, 1.82) is 0 Å². The van der Waals surface area contributed by atoms with E-state index in [2.05, 4.69) is 10.3 Å². The number of para-hydroxylation sites is 2. The van der Waals surface area contributed by atoms with E-state index < -0.39 is 58.8 Å². The lowest BCUT2D eigenvalue weighted by molar-refractivity contribution is -0.137. The van der Waals surface area contributed by atoms with Gasteiger partial charge in [0.2, 0.25) is 11.8 Å². The highest BCUT2D eigenvalue weighted by Crippen LogP contribution is 2.54. The molecule has 3 amide bonds. The monoisotopic (exact) mass is 641 g/mol. The van der Waals surface area contributed by atoms with Gasteiger partial charge in [-0.25, -0.2) is 4.90 Å². The van der Waals surface area contributed by atoms with Crippen LogP contribution in [0.2, 0.25) is 0 Å². The molecule has 3 aromatic carbocycles. The first-order valence-electron chi connectivity index (χ1n) is 13.2. The van der Waals surface area contributed by atoms with Crippen LogP contribution in [0.25, 0.3) is 0 Å². The lowest BCUT2D eigenvalue weighted by atomic mass is 9.82. The largest absolute Gasteiger partial charge is 0.497 e. The number of imide groups is 1. The van der Waals surface area contributed by atoms with Crippen LogP contribution in [0.15, 0.2) is 82.6 Å². The van der Waals surface area contributed by atoms with Crippen LogP contribution in [-0.4, -0.2) is 41.7 Å². The molecule has 6 rings (SSSR count). The zero-order chi connectivity index (χ0) is 31.2.